The van der Waals surface area contributed by atoms with Crippen LogP contribution in [-0.4, -0.2) is 46.2 Å². The summed E-state index contributed by atoms with van der Waals surface area (Å²) in [6.45, 7) is 10.3. The number of hydrogen-bond acceptors (Lipinski definition) is 3. The first-order chi connectivity index (χ1) is 15.4. The van der Waals surface area contributed by atoms with Crippen LogP contribution in [0.1, 0.15) is 48.3 Å². The molecule has 1 amide bonds. The van der Waals surface area contributed by atoms with Gasteiger partial charge in [0.1, 0.15) is 5.75 Å². The molecule has 4 rings (SSSR count). The van der Waals surface area contributed by atoms with E-state index >= 15 is 0 Å². The molecule has 6 heteroatoms. The molecular weight excluding hydrogens is 434 g/mol. The summed E-state index contributed by atoms with van der Waals surface area (Å²) in [4.78, 5) is 15.8. The summed E-state index contributed by atoms with van der Waals surface area (Å²) >= 11 is 0. The van der Waals surface area contributed by atoms with Crippen molar-refractivity contribution in [2.24, 2.45) is 5.92 Å². The Bertz CT molecular complexity index is 1070. The number of nitrogens with zero attached hydrogens (tertiary/aromatic N) is 2. The Hall–Kier alpha value is -2.50. The van der Waals surface area contributed by atoms with Gasteiger partial charge >= 0.3 is 0 Å². The van der Waals surface area contributed by atoms with Crippen LogP contribution >= 0.6 is 12.4 Å². The monoisotopic (exact) mass is 469 g/mol. The van der Waals surface area contributed by atoms with Crippen LogP contribution in [0.25, 0.3) is 10.9 Å². The van der Waals surface area contributed by atoms with E-state index in [1.165, 1.54) is 5.56 Å². The lowest BCUT2D eigenvalue weighted by molar-refractivity contribution is 0.0912. The van der Waals surface area contributed by atoms with Crippen molar-refractivity contribution in [1.29, 1.82) is 0 Å². The van der Waals surface area contributed by atoms with Gasteiger partial charge in [-0.1, -0.05) is 44.2 Å². The number of benzene rings is 2. The van der Waals surface area contributed by atoms with E-state index < -0.39 is 0 Å². The van der Waals surface area contributed by atoms with E-state index in [-0.39, 0.29) is 30.1 Å². The third kappa shape index (κ3) is 5.90. The number of carbonyl (C=O) groups is 1. The highest BCUT2D eigenvalue weighted by atomic mass is 35.5. The number of aromatic nitrogens is 1. The van der Waals surface area contributed by atoms with E-state index in [9.17, 15) is 9.90 Å². The number of nitrogens with one attached hydrogen (secondary N) is 1. The number of carbonyl (C=O) groups excluding carboxylic acids is 1. The maximum absolute atomic E-state index is 13.3. The number of rotatable bonds is 7. The maximum atomic E-state index is 13.3. The second kappa shape index (κ2) is 11.1. The third-order valence-corrected chi connectivity index (χ3v) is 6.56. The largest absolute Gasteiger partial charge is 0.508 e. The number of piperidine rings is 1. The molecular formula is C27H36ClN3O2. The van der Waals surface area contributed by atoms with Crippen LogP contribution in [0.2, 0.25) is 0 Å². The summed E-state index contributed by atoms with van der Waals surface area (Å²) in [5.41, 5.74) is 4.05. The van der Waals surface area contributed by atoms with Gasteiger partial charge in [0.25, 0.3) is 5.91 Å². The molecule has 1 saturated heterocycles. The number of phenolic OH excluding ortho intramolecular Hbond substituents is 1. The minimum atomic E-state index is -0.0247. The zero-order valence-corrected chi connectivity index (χ0v) is 20.7. The van der Waals surface area contributed by atoms with E-state index in [1.54, 1.807) is 12.1 Å². The summed E-state index contributed by atoms with van der Waals surface area (Å²) in [5.74, 6) is 0.637. The predicted molar refractivity (Wildman–Crippen MR) is 137 cm³/mol. The highest BCUT2D eigenvalue weighted by Gasteiger charge is 2.25. The normalized spacial score (nSPS) is 15.0. The lowest BCUT2D eigenvalue weighted by Gasteiger charge is -2.32. The first kappa shape index (κ1) is 25.1. The number of likely N-dealkylation sites (tertiary alicyclic amines) is 1. The summed E-state index contributed by atoms with van der Waals surface area (Å²) in [7, 11) is 0. The molecule has 1 aromatic heterocycles. The van der Waals surface area contributed by atoms with Gasteiger partial charge in [-0.25, -0.2) is 0 Å². The summed E-state index contributed by atoms with van der Waals surface area (Å²) in [6.07, 6.45) is 3.00. The smallest absolute Gasteiger partial charge is 0.253 e. The van der Waals surface area contributed by atoms with Crippen LogP contribution in [0, 0.1) is 12.8 Å². The Kier molecular flexibility index (Phi) is 8.44. The molecule has 2 N–H and O–H groups in total. The Morgan fingerprint density at radius 2 is 1.82 bits per heavy atom. The van der Waals surface area contributed by atoms with Crippen LogP contribution in [0.5, 0.6) is 5.75 Å². The van der Waals surface area contributed by atoms with Gasteiger partial charge in [-0.15, -0.1) is 12.4 Å². The summed E-state index contributed by atoms with van der Waals surface area (Å²) in [6, 6.07) is 16.1. The average Bonchev–Trinajstić information content (AvgIpc) is 3.04. The van der Waals surface area contributed by atoms with Gasteiger partial charge in [0.15, 0.2) is 0 Å². The molecule has 1 aliphatic rings. The molecule has 3 aromatic rings. The predicted octanol–water partition coefficient (Wildman–Crippen LogP) is 5.17. The lowest BCUT2D eigenvalue weighted by atomic mass is 10.0. The van der Waals surface area contributed by atoms with Gasteiger partial charge in [-0.05, 0) is 55.9 Å². The Morgan fingerprint density at radius 3 is 2.48 bits per heavy atom. The quantitative estimate of drug-likeness (QED) is 0.501. The molecule has 2 aromatic carbocycles. The molecule has 1 aliphatic heterocycles. The minimum absolute atomic E-state index is 0. The minimum Gasteiger partial charge on any atom is -0.508 e. The van der Waals surface area contributed by atoms with Gasteiger partial charge in [0, 0.05) is 48.8 Å². The van der Waals surface area contributed by atoms with Crippen molar-refractivity contribution in [3.8, 4) is 5.75 Å². The van der Waals surface area contributed by atoms with Crippen molar-refractivity contribution in [2.75, 3.05) is 19.6 Å². The van der Waals surface area contributed by atoms with Crippen LogP contribution in [0.15, 0.2) is 48.5 Å². The number of amides is 1. The van der Waals surface area contributed by atoms with Gasteiger partial charge in [0.2, 0.25) is 0 Å². The van der Waals surface area contributed by atoms with Crippen molar-refractivity contribution < 1.29 is 9.90 Å². The number of halogens is 1. The molecule has 5 nitrogen and oxygen atoms in total. The molecule has 1 fully saturated rings. The standard InChI is InChI=1S/C27H35N3O2.ClH/c1-19(2)18-30-20(3)26(24-17-23(31)9-10-25(24)30)27(32)28-22-12-15-29(16-13-22)14-11-21-7-5-4-6-8-21;/h4-10,17,19,22,31H,11-16,18H2,1-3H3,(H,28,32);1H. The van der Waals surface area contributed by atoms with Crippen molar-refractivity contribution >= 4 is 29.2 Å². The van der Waals surface area contributed by atoms with Gasteiger partial charge in [-0.3, -0.25) is 4.79 Å². The third-order valence-electron chi connectivity index (χ3n) is 6.56. The first-order valence-corrected chi connectivity index (χ1v) is 11.8. The molecule has 0 unspecified atom stereocenters. The fourth-order valence-electron chi connectivity index (χ4n) is 4.85. The fourth-order valence-corrected chi connectivity index (χ4v) is 4.85. The molecule has 33 heavy (non-hydrogen) atoms. The van der Waals surface area contributed by atoms with Gasteiger partial charge in [-0.2, -0.15) is 0 Å². The second-order valence-corrected chi connectivity index (χ2v) is 9.49. The van der Waals surface area contributed by atoms with Crippen LogP contribution < -0.4 is 5.32 Å². The molecule has 2 heterocycles. The van der Waals surface area contributed by atoms with Gasteiger partial charge in [0.05, 0.1) is 5.56 Å². The molecule has 0 bridgehead atoms. The van der Waals surface area contributed by atoms with Gasteiger partial charge < -0.3 is 19.9 Å². The maximum Gasteiger partial charge on any atom is 0.253 e. The fraction of sp³-hybridized carbons (Fsp3) is 0.444. The molecule has 0 aliphatic carbocycles. The van der Waals surface area contributed by atoms with E-state index in [2.05, 4.69) is 59.0 Å². The average molecular weight is 470 g/mol. The topological polar surface area (TPSA) is 57.5 Å². The zero-order valence-electron chi connectivity index (χ0n) is 19.9. The number of fused-ring (bicyclic) bond motifs is 1. The molecule has 0 spiro atoms. The first-order valence-electron chi connectivity index (χ1n) is 11.8. The Morgan fingerprint density at radius 1 is 1.12 bits per heavy atom. The van der Waals surface area contributed by atoms with Crippen LogP contribution in [0.3, 0.4) is 0 Å². The SMILES string of the molecule is Cc1c(C(=O)NC2CCN(CCc3ccccc3)CC2)c2cc(O)ccc2n1CC(C)C.Cl. The lowest BCUT2D eigenvalue weighted by Crippen LogP contribution is -2.45. The highest BCUT2D eigenvalue weighted by molar-refractivity contribution is 6.08. The molecule has 0 atom stereocenters. The summed E-state index contributed by atoms with van der Waals surface area (Å²) < 4.78 is 2.21. The Labute approximate surface area is 203 Å². The number of hydrogen-bond donors (Lipinski definition) is 2. The van der Waals surface area contributed by atoms with E-state index in [1.807, 2.05) is 13.0 Å². The van der Waals surface area contributed by atoms with Crippen LogP contribution in [0.4, 0.5) is 0 Å². The number of aromatic hydroxyl groups is 1. The highest BCUT2D eigenvalue weighted by Crippen LogP contribution is 2.30. The molecule has 0 saturated carbocycles. The molecule has 178 valence electrons. The van der Waals surface area contributed by atoms with E-state index in [0.29, 0.717) is 11.5 Å². The second-order valence-electron chi connectivity index (χ2n) is 9.49. The summed E-state index contributed by atoms with van der Waals surface area (Å²) in [5, 5.41) is 14.2. The van der Waals surface area contributed by atoms with E-state index in [0.717, 1.165) is 62.0 Å². The molecule has 0 radical (unpaired) electrons. The Balaban J connectivity index is 0.00000306. The number of phenols is 1. The van der Waals surface area contributed by atoms with Crippen molar-refractivity contribution in [3.63, 3.8) is 0 Å². The van der Waals surface area contributed by atoms with Crippen molar-refractivity contribution in [2.45, 2.75) is 52.6 Å². The zero-order chi connectivity index (χ0) is 22.7. The van der Waals surface area contributed by atoms with Crippen LogP contribution in [-0.2, 0) is 13.0 Å². The van der Waals surface area contributed by atoms with Crippen molar-refractivity contribution in [3.05, 3.63) is 65.4 Å². The van der Waals surface area contributed by atoms with Crippen molar-refractivity contribution in [1.82, 2.24) is 14.8 Å². The van der Waals surface area contributed by atoms with E-state index in [4.69, 9.17) is 0 Å².